The largest absolute Gasteiger partial charge is 0.415 e. The zero-order valence-corrected chi connectivity index (χ0v) is 31.8. The molecule has 0 fully saturated rings. The van der Waals surface area contributed by atoms with Crippen LogP contribution in [0.1, 0.15) is 76.1 Å². The van der Waals surface area contributed by atoms with Crippen LogP contribution in [0.5, 0.6) is 0 Å². The zero-order valence-electron chi connectivity index (χ0n) is 28.3. The van der Waals surface area contributed by atoms with Gasteiger partial charge < -0.3 is 15.3 Å². The molecule has 4 aromatic rings. The summed E-state index contributed by atoms with van der Waals surface area (Å²) in [6.07, 6.45) is 0. The van der Waals surface area contributed by atoms with E-state index in [4.69, 9.17) is 15.3 Å². The summed E-state index contributed by atoms with van der Waals surface area (Å²) in [6.45, 7) is 21.7. The first-order chi connectivity index (χ1) is 20.9. The van der Waals surface area contributed by atoms with Crippen LogP contribution in [-0.4, -0.2) is 45.6 Å². The maximum atomic E-state index is 12.8. The summed E-state index contributed by atoms with van der Waals surface area (Å²) in [5, 5.41) is 9.09. The fourth-order valence-corrected chi connectivity index (χ4v) is 7.48. The average molecular weight is 687 g/mol. The van der Waals surface area contributed by atoms with E-state index in [0.29, 0.717) is 6.61 Å². The van der Waals surface area contributed by atoms with Gasteiger partial charge in [0.15, 0.2) is 8.32 Å². The lowest BCUT2D eigenvalue weighted by molar-refractivity contribution is 0.257. The number of aliphatic hydroxyl groups is 1. The van der Waals surface area contributed by atoms with Gasteiger partial charge in [0.1, 0.15) is 0 Å². The molecule has 0 amide bonds. The first-order valence-corrected chi connectivity index (χ1v) is 21.0. The molecule has 11 heteroatoms. The van der Waals surface area contributed by atoms with E-state index in [2.05, 4.69) is 72.8 Å². The van der Waals surface area contributed by atoms with Crippen molar-refractivity contribution < 1.29 is 13.7 Å². The van der Waals surface area contributed by atoms with E-state index in [-0.39, 0.29) is 28.5 Å². The van der Waals surface area contributed by atoms with Crippen LogP contribution in [0.15, 0.2) is 59.6 Å². The molecule has 45 heavy (non-hydrogen) atoms. The molecular weight excluding hydrogens is 637 g/mol. The van der Waals surface area contributed by atoms with Crippen LogP contribution in [0.2, 0.25) is 18.1 Å². The van der Waals surface area contributed by atoms with Crippen molar-refractivity contribution >= 4 is 42.0 Å². The molecule has 0 saturated heterocycles. The average Bonchev–Trinajstić information content (AvgIpc) is 3.61. The Morgan fingerprint density at radius 3 is 1.67 bits per heavy atom. The molecule has 0 aliphatic heterocycles. The lowest BCUT2D eigenvalue weighted by Crippen LogP contribution is -2.44. The first-order valence-electron chi connectivity index (χ1n) is 15.1. The van der Waals surface area contributed by atoms with Crippen LogP contribution in [0.25, 0.3) is 20.9 Å². The smallest absolute Gasteiger partial charge is 0.192 e. The van der Waals surface area contributed by atoms with Gasteiger partial charge in [-0.1, -0.05) is 69.3 Å². The number of hydrogen-bond donors (Lipinski definition) is 3. The molecule has 0 aliphatic carbocycles. The second-order valence-corrected chi connectivity index (χ2v) is 22.2. The fourth-order valence-electron chi connectivity index (χ4n) is 4.02. The van der Waals surface area contributed by atoms with Crippen molar-refractivity contribution in [3.05, 3.63) is 82.1 Å². The van der Waals surface area contributed by atoms with E-state index in [1.165, 1.54) is 9.75 Å². The number of rotatable bonds is 10. The number of nitrogens with one attached hydrogen (secondary N) is 1. The maximum absolute atomic E-state index is 12.8. The van der Waals surface area contributed by atoms with Gasteiger partial charge in [-0.2, -0.15) is 0 Å². The summed E-state index contributed by atoms with van der Waals surface area (Å²) < 4.78 is 22.3. The Bertz CT molecular complexity index is 1520. The van der Waals surface area contributed by atoms with Gasteiger partial charge in [-0.3, -0.25) is 0 Å². The van der Waals surface area contributed by atoms with Gasteiger partial charge >= 0.3 is 0 Å². The molecule has 2 aromatic carbocycles. The van der Waals surface area contributed by atoms with Crippen LogP contribution in [0, 0.1) is 13.8 Å². The Balaban J connectivity index is 0.000000289. The predicted molar refractivity (Wildman–Crippen MR) is 196 cm³/mol. The van der Waals surface area contributed by atoms with E-state index < -0.39 is 19.3 Å². The van der Waals surface area contributed by atoms with Crippen LogP contribution in [0.4, 0.5) is 0 Å². The number of aryl methyl sites for hydroxylation is 2. The predicted octanol–water partition coefficient (Wildman–Crippen LogP) is 8.34. The third-order valence-electron chi connectivity index (χ3n) is 8.09. The first kappa shape index (κ1) is 37.4. The molecule has 0 saturated carbocycles. The van der Waals surface area contributed by atoms with Crippen molar-refractivity contribution in [3.8, 4) is 20.9 Å². The summed E-state index contributed by atoms with van der Waals surface area (Å²) in [7, 11) is -3.08. The van der Waals surface area contributed by atoms with E-state index in [1.54, 1.807) is 22.7 Å². The summed E-state index contributed by atoms with van der Waals surface area (Å²) in [6, 6.07) is 16.0. The number of aliphatic hydroxyl groups excluding tert-OH is 1. The van der Waals surface area contributed by atoms with Crippen LogP contribution in [-0.2, 0) is 15.4 Å². The molecule has 2 heterocycles. The minimum absolute atomic E-state index is 0.0288. The van der Waals surface area contributed by atoms with Crippen LogP contribution in [0.3, 0.4) is 0 Å². The molecule has 0 unspecified atom stereocenters. The maximum Gasteiger partial charge on any atom is 0.192 e. The highest BCUT2D eigenvalue weighted by Gasteiger charge is 2.38. The molecule has 3 atom stereocenters. The second-order valence-electron chi connectivity index (χ2n) is 13.7. The molecule has 0 bridgehead atoms. The van der Waals surface area contributed by atoms with Gasteiger partial charge in [-0.05, 0) is 75.0 Å². The lowest BCUT2D eigenvalue weighted by atomic mass is 10.0. The topological polar surface area (TPSA) is 110 Å². The minimum atomic E-state index is -1.90. The van der Waals surface area contributed by atoms with E-state index in [0.717, 1.165) is 33.6 Å². The van der Waals surface area contributed by atoms with Crippen molar-refractivity contribution in [2.75, 3.05) is 13.2 Å². The number of hydrogen-bond acceptors (Lipinski definition) is 8. The van der Waals surface area contributed by atoms with Crippen molar-refractivity contribution in [2.24, 2.45) is 5.73 Å². The van der Waals surface area contributed by atoms with Gasteiger partial charge in [0.2, 0.25) is 0 Å². The van der Waals surface area contributed by atoms with Gasteiger partial charge in [-0.15, -0.1) is 22.7 Å². The van der Waals surface area contributed by atoms with Crippen molar-refractivity contribution in [3.63, 3.8) is 0 Å². The van der Waals surface area contributed by atoms with Gasteiger partial charge in [0.05, 0.1) is 73.2 Å². The Kier molecular flexibility index (Phi) is 13.0. The van der Waals surface area contributed by atoms with Crippen LogP contribution < -0.4 is 10.5 Å². The molecule has 7 nitrogen and oxygen atoms in total. The quantitative estimate of drug-likeness (QED) is 0.145. The Morgan fingerprint density at radius 1 is 0.867 bits per heavy atom. The standard InChI is InChI=1S/C22H36N2O2S2Si.C12H14N2OS/c1-16-20(27-15-23-16)18-12-10-17(11-13-18)19(24-28(25)21(2,3)4)14-26-29(8,9)22(5,6)7;1-8-12(16-7-14-8)10-4-2-9(3-5-10)11(13)6-15/h10-13,15,19,24H,14H2,1-9H3;2-5,7,11,15H,6,13H2,1H3/t19-,28-;11-/m00/s1. The monoisotopic (exact) mass is 686 g/mol. The van der Waals surface area contributed by atoms with E-state index >= 15 is 0 Å². The van der Waals surface area contributed by atoms with E-state index in [1.807, 2.05) is 69.9 Å². The summed E-state index contributed by atoms with van der Waals surface area (Å²) in [4.78, 5) is 10.9. The molecule has 0 aliphatic rings. The zero-order chi connectivity index (χ0) is 33.6. The fraction of sp³-hybridized carbons (Fsp3) is 0.471. The summed E-state index contributed by atoms with van der Waals surface area (Å²) >= 11 is 3.28. The van der Waals surface area contributed by atoms with Crippen molar-refractivity contribution in [2.45, 2.75) is 90.4 Å². The third kappa shape index (κ3) is 10.2. The van der Waals surface area contributed by atoms with Gasteiger partial charge in [0, 0.05) is 0 Å². The second kappa shape index (κ2) is 15.7. The third-order valence-corrected chi connectivity index (χ3v) is 16.2. The molecule has 0 spiro atoms. The number of benzene rings is 2. The Hall–Kier alpha value is -2.09. The highest BCUT2D eigenvalue weighted by molar-refractivity contribution is 7.84. The Morgan fingerprint density at radius 2 is 1.31 bits per heavy atom. The SMILES string of the molecule is Cc1ncsc1-c1ccc([C@@H](N)CO)cc1.Cc1ncsc1-c1ccc([C@H](CO[Si](C)(C)C(C)(C)C)N[S@@](=O)C(C)(C)C)cc1. The Labute approximate surface area is 281 Å². The molecule has 4 N–H and O–H groups in total. The summed E-state index contributed by atoms with van der Waals surface area (Å²) in [5.41, 5.74) is 15.9. The number of aromatic nitrogens is 2. The molecular formula is C34H50N4O3S3Si. The van der Waals surface area contributed by atoms with E-state index in [9.17, 15) is 4.21 Å². The summed E-state index contributed by atoms with van der Waals surface area (Å²) in [5.74, 6) is 0. The highest BCUT2D eigenvalue weighted by atomic mass is 32.2. The molecule has 2 aromatic heterocycles. The molecule has 4 rings (SSSR count). The van der Waals surface area contributed by atoms with Crippen molar-refractivity contribution in [1.82, 2.24) is 14.7 Å². The van der Waals surface area contributed by atoms with Crippen LogP contribution >= 0.6 is 22.7 Å². The van der Waals surface area contributed by atoms with Gasteiger partial charge in [0.25, 0.3) is 0 Å². The minimum Gasteiger partial charge on any atom is -0.415 e. The molecule has 0 radical (unpaired) electrons. The lowest BCUT2D eigenvalue weighted by Gasteiger charge is -2.37. The van der Waals surface area contributed by atoms with Crippen molar-refractivity contribution in [1.29, 1.82) is 0 Å². The molecule has 246 valence electrons. The number of nitrogens with zero attached hydrogens (tertiary/aromatic N) is 2. The number of nitrogens with two attached hydrogens (primary N) is 1. The van der Waals surface area contributed by atoms with Gasteiger partial charge in [-0.25, -0.2) is 18.9 Å². The highest BCUT2D eigenvalue weighted by Crippen LogP contribution is 2.37. The number of thiazole rings is 2. The normalized spacial score (nSPS) is 14.4.